The summed E-state index contributed by atoms with van der Waals surface area (Å²) in [4.78, 5) is 6.70. The lowest BCUT2D eigenvalue weighted by Crippen LogP contribution is -2.44. The molecular weight excluding hydrogens is 186 g/mol. The fraction of sp³-hybridized carbons (Fsp3) is 0.583. The lowest BCUT2D eigenvalue weighted by Gasteiger charge is -2.27. The third kappa shape index (κ3) is 3.01. The van der Waals surface area contributed by atoms with Gasteiger partial charge in [0, 0.05) is 45.1 Å². The highest BCUT2D eigenvalue weighted by Gasteiger charge is 2.09. The molecule has 0 radical (unpaired) electrons. The van der Waals surface area contributed by atoms with Crippen LogP contribution in [0.3, 0.4) is 0 Å². The van der Waals surface area contributed by atoms with Crippen LogP contribution < -0.4 is 5.32 Å². The van der Waals surface area contributed by atoms with E-state index in [4.69, 9.17) is 0 Å². The van der Waals surface area contributed by atoms with Crippen LogP contribution in [0.15, 0.2) is 18.5 Å². The second-order valence-electron chi connectivity index (χ2n) is 4.14. The van der Waals surface area contributed by atoms with E-state index in [0.717, 1.165) is 26.1 Å². The first-order valence-electron chi connectivity index (χ1n) is 5.69. The van der Waals surface area contributed by atoms with Crippen molar-refractivity contribution in [2.45, 2.75) is 13.3 Å². The van der Waals surface area contributed by atoms with E-state index in [9.17, 15) is 0 Å². The summed E-state index contributed by atoms with van der Waals surface area (Å²) in [6, 6.07) is 2.09. The summed E-state index contributed by atoms with van der Waals surface area (Å²) in [5.41, 5.74) is 2.75. The van der Waals surface area contributed by atoms with E-state index in [0.29, 0.717) is 0 Å². The summed E-state index contributed by atoms with van der Waals surface area (Å²) in [6.07, 6.45) is 4.99. The van der Waals surface area contributed by atoms with E-state index in [2.05, 4.69) is 28.2 Å². The molecule has 1 aromatic rings. The van der Waals surface area contributed by atoms with Crippen molar-refractivity contribution < 1.29 is 0 Å². The summed E-state index contributed by atoms with van der Waals surface area (Å²) < 4.78 is 0. The molecule has 0 atom stereocenters. The van der Waals surface area contributed by atoms with Crippen LogP contribution in [0.1, 0.15) is 11.1 Å². The zero-order valence-corrected chi connectivity index (χ0v) is 9.37. The second kappa shape index (κ2) is 5.24. The summed E-state index contributed by atoms with van der Waals surface area (Å²) in [7, 11) is 0. The average molecular weight is 205 g/mol. The number of hydrogen-bond acceptors (Lipinski definition) is 3. The molecule has 2 heterocycles. The van der Waals surface area contributed by atoms with Crippen LogP contribution in [0.5, 0.6) is 0 Å². The van der Waals surface area contributed by atoms with Crippen molar-refractivity contribution in [3.05, 3.63) is 29.6 Å². The Labute approximate surface area is 91.5 Å². The Morgan fingerprint density at radius 1 is 1.40 bits per heavy atom. The monoisotopic (exact) mass is 205 g/mol. The summed E-state index contributed by atoms with van der Waals surface area (Å²) in [6.45, 7) is 7.94. The maximum Gasteiger partial charge on any atom is 0.0302 e. The van der Waals surface area contributed by atoms with Crippen molar-refractivity contribution in [1.29, 1.82) is 0 Å². The molecule has 15 heavy (non-hydrogen) atoms. The van der Waals surface area contributed by atoms with Crippen LogP contribution in [-0.2, 0) is 6.42 Å². The van der Waals surface area contributed by atoms with Crippen LogP contribution in [0.25, 0.3) is 0 Å². The van der Waals surface area contributed by atoms with Crippen LogP contribution >= 0.6 is 0 Å². The number of aryl methyl sites for hydroxylation is 1. The molecule has 0 bridgehead atoms. The van der Waals surface area contributed by atoms with Gasteiger partial charge in [-0.05, 0) is 30.5 Å². The Morgan fingerprint density at radius 2 is 2.20 bits per heavy atom. The van der Waals surface area contributed by atoms with Gasteiger partial charge in [-0.2, -0.15) is 0 Å². The Kier molecular flexibility index (Phi) is 3.69. The SMILES string of the molecule is Cc1ccncc1CCN1CCNCC1. The maximum absolute atomic E-state index is 4.18. The minimum absolute atomic E-state index is 1.12. The van der Waals surface area contributed by atoms with Crippen molar-refractivity contribution in [3.8, 4) is 0 Å². The van der Waals surface area contributed by atoms with Crippen molar-refractivity contribution in [1.82, 2.24) is 15.2 Å². The number of aromatic nitrogens is 1. The number of nitrogens with one attached hydrogen (secondary N) is 1. The molecule has 1 fully saturated rings. The highest BCUT2D eigenvalue weighted by atomic mass is 15.2. The van der Waals surface area contributed by atoms with Gasteiger partial charge >= 0.3 is 0 Å². The molecule has 1 aliphatic heterocycles. The first kappa shape index (κ1) is 10.6. The largest absolute Gasteiger partial charge is 0.314 e. The molecule has 2 rings (SSSR count). The number of hydrogen-bond donors (Lipinski definition) is 1. The second-order valence-corrected chi connectivity index (χ2v) is 4.14. The lowest BCUT2D eigenvalue weighted by molar-refractivity contribution is 0.243. The third-order valence-corrected chi connectivity index (χ3v) is 3.05. The Bertz CT molecular complexity index is 305. The zero-order chi connectivity index (χ0) is 10.5. The van der Waals surface area contributed by atoms with Gasteiger partial charge in [-0.3, -0.25) is 4.98 Å². The van der Waals surface area contributed by atoms with Gasteiger partial charge in [0.05, 0.1) is 0 Å². The van der Waals surface area contributed by atoms with Gasteiger partial charge in [0.2, 0.25) is 0 Å². The molecule has 3 heteroatoms. The zero-order valence-electron chi connectivity index (χ0n) is 9.37. The topological polar surface area (TPSA) is 28.2 Å². The Morgan fingerprint density at radius 3 is 2.93 bits per heavy atom. The first-order valence-corrected chi connectivity index (χ1v) is 5.69. The van der Waals surface area contributed by atoms with E-state index < -0.39 is 0 Å². The minimum Gasteiger partial charge on any atom is -0.314 e. The molecule has 0 aliphatic carbocycles. The lowest BCUT2D eigenvalue weighted by atomic mass is 10.1. The predicted octanol–water partition coefficient (Wildman–Crippen LogP) is 0.838. The fourth-order valence-electron chi connectivity index (χ4n) is 1.97. The van der Waals surface area contributed by atoms with Gasteiger partial charge in [0.1, 0.15) is 0 Å². The van der Waals surface area contributed by atoms with Crippen LogP contribution in [0, 0.1) is 6.92 Å². The van der Waals surface area contributed by atoms with E-state index in [-0.39, 0.29) is 0 Å². The molecule has 0 unspecified atom stereocenters. The quantitative estimate of drug-likeness (QED) is 0.792. The standard InChI is InChI=1S/C12H19N3/c1-11-2-4-14-10-12(11)3-7-15-8-5-13-6-9-15/h2,4,10,13H,3,5-9H2,1H3. The van der Waals surface area contributed by atoms with E-state index >= 15 is 0 Å². The summed E-state index contributed by atoms with van der Waals surface area (Å²) in [5, 5.41) is 3.37. The molecule has 3 nitrogen and oxygen atoms in total. The summed E-state index contributed by atoms with van der Waals surface area (Å²) >= 11 is 0. The fourth-order valence-corrected chi connectivity index (χ4v) is 1.97. The molecule has 82 valence electrons. The molecular formula is C12H19N3. The van der Waals surface area contributed by atoms with E-state index in [1.165, 1.54) is 24.2 Å². The normalized spacial score (nSPS) is 17.9. The van der Waals surface area contributed by atoms with Crippen LogP contribution in [0.4, 0.5) is 0 Å². The van der Waals surface area contributed by atoms with E-state index in [1.807, 2.05) is 12.4 Å². The maximum atomic E-state index is 4.18. The third-order valence-electron chi connectivity index (χ3n) is 3.05. The number of pyridine rings is 1. The Balaban J connectivity index is 1.84. The van der Waals surface area contributed by atoms with Gasteiger partial charge in [-0.1, -0.05) is 0 Å². The molecule has 1 N–H and O–H groups in total. The summed E-state index contributed by atoms with van der Waals surface area (Å²) in [5.74, 6) is 0. The predicted molar refractivity (Wildman–Crippen MR) is 62.0 cm³/mol. The number of nitrogens with zero attached hydrogens (tertiary/aromatic N) is 2. The molecule has 0 saturated carbocycles. The van der Waals surface area contributed by atoms with Crippen LogP contribution in [-0.4, -0.2) is 42.6 Å². The van der Waals surface area contributed by atoms with Gasteiger partial charge in [0.25, 0.3) is 0 Å². The number of piperazine rings is 1. The van der Waals surface area contributed by atoms with E-state index in [1.54, 1.807) is 0 Å². The van der Waals surface area contributed by atoms with Gasteiger partial charge in [-0.15, -0.1) is 0 Å². The van der Waals surface area contributed by atoms with Gasteiger partial charge in [-0.25, -0.2) is 0 Å². The highest BCUT2D eigenvalue weighted by Crippen LogP contribution is 2.06. The molecule has 0 amide bonds. The molecule has 1 saturated heterocycles. The Hall–Kier alpha value is -0.930. The van der Waals surface area contributed by atoms with Crippen molar-refractivity contribution in [2.24, 2.45) is 0 Å². The van der Waals surface area contributed by atoms with Gasteiger partial charge in [0.15, 0.2) is 0 Å². The molecule has 0 aromatic carbocycles. The van der Waals surface area contributed by atoms with Crippen molar-refractivity contribution in [2.75, 3.05) is 32.7 Å². The molecule has 0 spiro atoms. The molecule has 1 aliphatic rings. The van der Waals surface area contributed by atoms with Crippen LogP contribution in [0.2, 0.25) is 0 Å². The molecule has 1 aromatic heterocycles. The minimum atomic E-state index is 1.12. The number of rotatable bonds is 3. The first-order chi connectivity index (χ1) is 7.36. The van der Waals surface area contributed by atoms with Crippen molar-refractivity contribution >= 4 is 0 Å². The van der Waals surface area contributed by atoms with Crippen molar-refractivity contribution in [3.63, 3.8) is 0 Å². The average Bonchev–Trinajstić information content (AvgIpc) is 2.29. The smallest absolute Gasteiger partial charge is 0.0302 e. The highest BCUT2D eigenvalue weighted by molar-refractivity contribution is 5.21. The van der Waals surface area contributed by atoms with Gasteiger partial charge < -0.3 is 10.2 Å².